The van der Waals surface area contributed by atoms with Crippen LogP contribution in [-0.2, 0) is 9.59 Å². The summed E-state index contributed by atoms with van der Waals surface area (Å²) in [5.41, 5.74) is 0. The number of carboxylic acids is 1. The third kappa shape index (κ3) is 9.17. The van der Waals surface area contributed by atoms with Crippen molar-refractivity contribution in [2.24, 2.45) is 0 Å². The van der Waals surface area contributed by atoms with Gasteiger partial charge in [0.1, 0.15) is 0 Å². The van der Waals surface area contributed by atoms with E-state index < -0.39 is 5.97 Å². The minimum atomic E-state index is -0.868. The number of amides is 3. The number of thioether (sulfide) groups is 1. The van der Waals surface area contributed by atoms with Gasteiger partial charge in [0, 0.05) is 18.3 Å². The zero-order valence-corrected chi connectivity index (χ0v) is 12.8. The molecule has 0 heterocycles. The van der Waals surface area contributed by atoms with Crippen molar-refractivity contribution in [1.82, 2.24) is 16.0 Å². The van der Waals surface area contributed by atoms with Crippen molar-refractivity contribution in [3.05, 3.63) is 0 Å². The van der Waals surface area contributed by atoms with E-state index in [4.69, 9.17) is 5.11 Å². The molecule has 0 unspecified atom stereocenters. The minimum absolute atomic E-state index is 0.0257. The molecule has 0 aromatic carbocycles. The van der Waals surface area contributed by atoms with Crippen LogP contribution < -0.4 is 16.0 Å². The van der Waals surface area contributed by atoms with Gasteiger partial charge in [-0.1, -0.05) is 19.3 Å². The molecule has 0 aromatic rings. The van der Waals surface area contributed by atoms with Crippen LogP contribution in [0.2, 0.25) is 0 Å². The van der Waals surface area contributed by atoms with Crippen molar-refractivity contribution >= 4 is 29.7 Å². The predicted molar refractivity (Wildman–Crippen MR) is 81.4 cm³/mol. The van der Waals surface area contributed by atoms with E-state index in [1.165, 1.54) is 18.2 Å². The van der Waals surface area contributed by atoms with Gasteiger partial charge < -0.3 is 21.1 Å². The molecule has 1 rings (SSSR count). The van der Waals surface area contributed by atoms with Crippen molar-refractivity contribution in [2.75, 3.05) is 24.6 Å². The van der Waals surface area contributed by atoms with Crippen LogP contribution in [0, 0.1) is 0 Å². The number of urea groups is 1. The number of aliphatic carboxylic acids is 1. The van der Waals surface area contributed by atoms with Gasteiger partial charge in [-0.15, -0.1) is 11.8 Å². The molecular weight excluding hydrogens is 294 g/mol. The first kappa shape index (κ1) is 17.6. The number of carbonyl (C=O) groups is 3. The fraction of sp³-hybridized carbons (Fsp3) is 0.769. The predicted octanol–water partition coefficient (Wildman–Crippen LogP) is 0.552. The third-order valence-electron chi connectivity index (χ3n) is 3.14. The van der Waals surface area contributed by atoms with Gasteiger partial charge in [0.2, 0.25) is 5.91 Å². The van der Waals surface area contributed by atoms with E-state index in [-0.39, 0.29) is 30.3 Å². The van der Waals surface area contributed by atoms with Gasteiger partial charge in [0.25, 0.3) is 0 Å². The van der Waals surface area contributed by atoms with Crippen LogP contribution in [-0.4, -0.2) is 53.7 Å². The van der Waals surface area contributed by atoms with E-state index >= 15 is 0 Å². The summed E-state index contributed by atoms with van der Waals surface area (Å²) in [6, 6.07) is -0.0912. The zero-order chi connectivity index (χ0) is 15.5. The summed E-state index contributed by atoms with van der Waals surface area (Å²) in [5.74, 6) is -0.582. The first-order valence-corrected chi connectivity index (χ1v) is 8.34. The molecule has 0 aliphatic heterocycles. The molecule has 0 aromatic heterocycles. The van der Waals surface area contributed by atoms with E-state index in [2.05, 4.69) is 16.0 Å². The lowest BCUT2D eigenvalue weighted by Gasteiger charge is -2.22. The van der Waals surface area contributed by atoms with E-state index in [0.29, 0.717) is 12.3 Å². The fourth-order valence-electron chi connectivity index (χ4n) is 2.13. The van der Waals surface area contributed by atoms with Crippen LogP contribution in [0.3, 0.4) is 0 Å². The Morgan fingerprint density at radius 2 is 1.81 bits per heavy atom. The summed E-state index contributed by atoms with van der Waals surface area (Å²) in [6.45, 7) is 0.324. The second kappa shape index (κ2) is 10.3. The first-order valence-electron chi connectivity index (χ1n) is 7.18. The monoisotopic (exact) mass is 317 g/mol. The summed E-state index contributed by atoms with van der Waals surface area (Å²) < 4.78 is 0. The highest BCUT2D eigenvalue weighted by atomic mass is 32.2. The molecule has 120 valence electrons. The number of carbonyl (C=O) groups excluding carboxylic acids is 2. The number of rotatable bonds is 8. The molecule has 3 amide bonds. The standard InChI is InChI=1S/C13H23N3O4S/c17-11(14-6-7-21-9-12(18)19)8-15-13(20)16-10-4-2-1-3-5-10/h10H,1-9H2,(H,14,17)(H,18,19)(H2,15,16,20). The van der Waals surface area contributed by atoms with Gasteiger partial charge in [-0.05, 0) is 12.8 Å². The summed E-state index contributed by atoms with van der Waals surface area (Å²) in [4.78, 5) is 33.3. The normalized spacial score (nSPS) is 15.2. The highest BCUT2D eigenvalue weighted by Gasteiger charge is 2.15. The largest absolute Gasteiger partial charge is 0.481 e. The molecule has 0 radical (unpaired) electrons. The SMILES string of the molecule is O=C(O)CSCCNC(=O)CNC(=O)NC1CCCCC1. The van der Waals surface area contributed by atoms with Crippen molar-refractivity contribution in [2.45, 2.75) is 38.1 Å². The molecule has 0 bridgehead atoms. The van der Waals surface area contributed by atoms with Crippen LogP contribution >= 0.6 is 11.8 Å². The fourth-order valence-corrected chi connectivity index (χ4v) is 2.69. The molecule has 7 nitrogen and oxygen atoms in total. The van der Waals surface area contributed by atoms with Crippen molar-refractivity contribution in [3.63, 3.8) is 0 Å². The Balaban J connectivity index is 2.01. The van der Waals surface area contributed by atoms with Crippen LogP contribution in [0.5, 0.6) is 0 Å². The van der Waals surface area contributed by atoms with E-state index in [1.54, 1.807) is 0 Å². The lowest BCUT2D eigenvalue weighted by molar-refractivity contribution is -0.133. The molecule has 1 saturated carbocycles. The number of carboxylic acid groups (broad SMARTS) is 1. The van der Waals surface area contributed by atoms with Gasteiger partial charge in [-0.25, -0.2) is 4.79 Å². The van der Waals surface area contributed by atoms with Crippen LogP contribution in [0.1, 0.15) is 32.1 Å². The summed E-state index contributed by atoms with van der Waals surface area (Å²) in [5, 5.41) is 16.4. The first-order chi connectivity index (χ1) is 10.1. The quantitative estimate of drug-likeness (QED) is 0.489. The number of hydrogen-bond donors (Lipinski definition) is 4. The Morgan fingerprint density at radius 3 is 2.48 bits per heavy atom. The highest BCUT2D eigenvalue weighted by molar-refractivity contribution is 7.99. The van der Waals surface area contributed by atoms with Gasteiger partial charge in [-0.3, -0.25) is 9.59 Å². The molecule has 21 heavy (non-hydrogen) atoms. The molecule has 0 atom stereocenters. The average molecular weight is 317 g/mol. The van der Waals surface area contributed by atoms with Crippen molar-refractivity contribution in [3.8, 4) is 0 Å². The van der Waals surface area contributed by atoms with E-state index in [1.807, 2.05) is 0 Å². The molecule has 0 spiro atoms. The molecule has 1 aliphatic carbocycles. The van der Waals surface area contributed by atoms with Gasteiger partial charge in [-0.2, -0.15) is 0 Å². The smallest absolute Gasteiger partial charge is 0.315 e. The van der Waals surface area contributed by atoms with E-state index in [0.717, 1.165) is 25.7 Å². The van der Waals surface area contributed by atoms with Crippen LogP contribution in [0.4, 0.5) is 4.79 Å². The Bertz CT molecular complexity index is 359. The average Bonchev–Trinajstić information content (AvgIpc) is 2.45. The van der Waals surface area contributed by atoms with Crippen molar-refractivity contribution < 1.29 is 19.5 Å². The number of hydrogen-bond acceptors (Lipinski definition) is 4. The molecule has 0 saturated heterocycles. The van der Waals surface area contributed by atoms with Crippen LogP contribution in [0.25, 0.3) is 0 Å². The van der Waals surface area contributed by atoms with Gasteiger partial charge in [0.05, 0.1) is 12.3 Å². The Hall–Kier alpha value is -1.44. The Labute approximate surface area is 128 Å². The summed E-state index contributed by atoms with van der Waals surface area (Å²) >= 11 is 1.24. The zero-order valence-electron chi connectivity index (χ0n) is 12.0. The molecular formula is C13H23N3O4S. The van der Waals surface area contributed by atoms with Gasteiger partial charge >= 0.3 is 12.0 Å². The Kier molecular flexibility index (Phi) is 8.65. The summed E-state index contributed by atoms with van der Waals surface area (Å²) in [6.07, 6.45) is 5.50. The molecule has 4 N–H and O–H groups in total. The maximum Gasteiger partial charge on any atom is 0.315 e. The third-order valence-corrected chi connectivity index (χ3v) is 4.09. The minimum Gasteiger partial charge on any atom is -0.481 e. The molecule has 1 aliphatic rings. The maximum atomic E-state index is 11.6. The lowest BCUT2D eigenvalue weighted by atomic mass is 9.96. The topological polar surface area (TPSA) is 108 Å². The van der Waals surface area contributed by atoms with Crippen molar-refractivity contribution in [1.29, 1.82) is 0 Å². The highest BCUT2D eigenvalue weighted by Crippen LogP contribution is 2.16. The second-order valence-electron chi connectivity index (χ2n) is 4.96. The van der Waals surface area contributed by atoms with Gasteiger partial charge in [0.15, 0.2) is 0 Å². The maximum absolute atomic E-state index is 11.6. The molecule has 8 heteroatoms. The molecule has 1 fully saturated rings. The summed E-state index contributed by atoms with van der Waals surface area (Å²) in [7, 11) is 0. The lowest BCUT2D eigenvalue weighted by Crippen LogP contribution is -2.46. The van der Waals surface area contributed by atoms with Crippen LogP contribution in [0.15, 0.2) is 0 Å². The van der Waals surface area contributed by atoms with E-state index in [9.17, 15) is 14.4 Å². The Morgan fingerprint density at radius 1 is 1.10 bits per heavy atom. The second-order valence-corrected chi connectivity index (χ2v) is 6.06. The number of nitrogens with one attached hydrogen (secondary N) is 3.